The average Bonchev–Trinajstić information content (AvgIpc) is 2.18. The van der Waals surface area contributed by atoms with E-state index in [1.807, 2.05) is 0 Å². The highest BCUT2D eigenvalue weighted by molar-refractivity contribution is 14.1. The van der Waals surface area contributed by atoms with Crippen LogP contribution in [0.5, 0.6) is 5.75 Å². The van der Waals surface area contributed by atoms with E-state index in [-0.39, 0.29) is 11.1 Å². The highest BCUT2D eigenvalue weighted by Gasteiger charge is 2.16. The van der Waals surface area contributed by atoms with E-state index in [0.717, 1.165) is 3.57 Å². The van der Waals surface area contributed by atoms with Gasteiger partial charge in [0.05, 0.1) is 23.0 Å². The molecule has 0 spiro atoms. The summed E-state index contributed by atoms with van der Waals surface area (Å²) in [6.45, 7) is 0. The van der Waals surface area contributed by atoms with Crippen LogP contribution in [0, 0.1) is 3.57 Å². The largest absolute Gasteiger partial charge is 0.495 e. The molecule has 1 rings (SSSR count). The molecular formula is C9H7BrClIO2. The van der Waals surface area contributed by atoms with Crippen molar-refractivity contribution < 1.29 is 9.53 Å². The molecular weight excluding hydrogens is 382 g/mol. The van der Waals surface area contributed by atoms with Crippen LogP contribution < -0.4 is 4.74 Å². The van der Waals surface area contributed by atoms with Gasteiger partial charge < -0.3 is 4.74 Å². The molecule has 0 fully saturated rings. The van der Waals surface area contributed by atoms with E-state index < -0.39 is 0 Å². The lowest BCUT2D eigenvalue weighted by atomic mass is 10.1. The maximum Gasteiger partial charge on any atom is 0.176 e. The van der Waals surface area contributed by atoms with Gasteiger partial charge in [-0.1, -0.05) is 27.5 Å². The van der Waals surface area contributed by atoms with E-state index in [9.17, 15) is 4.79 Å². The number of halogens is 3. The molecule has 0 amide bonds. The Balaban J connectivity index is 3.32. The van der Waals surface area contributed by atoms with Crippen molar-refractivity contribution in [2.75, 3.05) is 12.4 Å². The number of benzene rings is 1. The Kier molecular flexibility index (Phi) is 4.66. The summed E-state index contributed by atoms with van der Waals surface area (Å²) < 4.78 is 5.86. The summed E-state index contributed by atoms with van der Waals surface area (Å²) in [7, 11) is 1.52. The van der Waals surface area contributed by atoms with Gasteiger partial charge in [-0.15, -0.1) is 0 Å². The van der Waals surface area contributed by atoms with Crippen molar-refractivity contribution in [2.24, 2.45) is 0 Å². The minimum atomic E-state index is -0.0432. The maximum atomic E-state index is 11.5. The fraction of sp³-hybridized carbons (Fsp3) is 0.222. The van der Waals surface area contributed by atoms with Crippen LogP contribution in [0.4, 0.5) is 0 Å². The first-order chi connectivity index (χ1) is 6.61. The third kappa shape index (κ3) is 2.41. The van der Waals surface area contributed by atoms with Crippen molar-refractivity contribution in [2.45, 2.75) is 0 Å². The smallest absolute Gasteiger partial charge is 0.176 e. The highest BCUT2D eigenvalue weighted by atomic mass is 127. The van der Waals surface area contributed by atoms with Crippen molar-refractivity contribution in [3.05, 3.63) is 26.3 Å². The van der Waals surface area contributed by atoms with Gasteiger partial charge in [0, 0.05) is 3.57 Å². The second-order valence-corrected chi connectivity index (χ2v) is 4.60. The Bertz CT molecular complexity index is 368. The van der Waals surface area contributed by atoms with Crippen LogP contribution in [-0.2, 0) is 0 Å². The third-order valence-electron chi connectivity index (χ3n) is 1.68. The van der Waals surface area contributed by atoms with Gasteiger partial charge in [-0.2, -0.15) is 0 Å². The molecule has 0 saturated carbocycles. The lowest BCUT2D eigenvalue weighted by Gasteiger charge is -2.08. The first kappa shape index (κ1) is 12.3. The molecule has 0 aliphatic carbocycles. The molecule has 1 aromatic rings. The first-order valence-corrected chi connectivity index (χ1v) is 6.30. The topological polar surface area (TPSA) is 26.3 Å². The van der Waals surface area contributed by atoms with Gasteiger partial charge in [-0.05, 0) is 34.7 Å². The molecule has 0 saturated heterocycles. The molecule has 2 nitrogen and oxygen atoms in total. The number of ketones is 1. The fourth-order valence-electron chi connectivity index (χ4n) is 1.01. The highest BCUT2D eigenvalue weighted by Crippen LogP contribution is 2.31. The van der Waals surface area contributed by atoms with Crippen molar-refractivity contribution in [1.82, 2.24) is 0 Å². The molecule has 5 heteroatoms. The predicted molar refractivity (Wildman–Crippen MR) is 68.8 cm³/mol. The molecule has 14 heavy (non-hydrogen) atoms. The summed E-state index contributed by atoms with van der Waals surface area (Å²) in [5.41, 5.74) is 0.517. The number of carbonyl (C=O) groups excluding carboxylic acids is 1. The van der Waals surface area contributed by atoms with Crippen LogP contribution in [0.3, 0.4) is 0 Å². The Morgan fingerprint density at radius 1 is 1.64 bits per heavy atom. The normalized spacial score (nSPS) is 10.0. The number of hydrogen-bond donors (Lipinski definition) is 0. The number of methoxy groups -OCH3 is 1. The van der Waals surface area contributed by atoms with Gasteiger partial charge in [0.25, 0.3) is 0 Å². The second kappa shape index (κ2) is 5.32. The van der Waals surface area contributed by atoms with Gasteiger partial charge in [0.2, 0.25) is 0 Å². The molecule has 0 aliphatic rings. The van der Waals surface area contributed by atoms with Crippen LogP contribution in [-0.4, -0.2) is 18.2 Å². The van der Waals surface area contributed by atoms with E-state index in [1.165, 1.54) is 7.11 Å². The summed E-state index contributed by atoms with van der Waals surface area (Å²) in [5, 5.41) is 0.638. The van der Waals surface area contributed by atoms with Crippen molar-refractivity contribution in [3.8, 4) is 5.75 Å². The van der Waals surface area contributed by atoms with Gasteiger partial charge in [0.15, 0.2) is 5.78 Å². The predicted octanol–water partition coefficient (Wildman–Crippen LogP) is 3.53. The van der Waals surface area contributed by atoms with Crippen LogP contribution in [0.15, 0.2) is 12.1 Å². The summed E-state index contributed by atoms with van der Waals surface area (Å²) >= 11 is 11.2. The van der Waals surface area contributed by atoms with E-state index >= 15 is 0 Å². The monoisotopic (exact) mass is 388 g/mol. The van der Waals surface area contributed by atoms with Crippen LogP contribution >= 0.6 is 50.1 Å². The number of Topliss-reactive ketones (excluding diaryl/α,β-unsaturated/α-hetero) is 1. The SMILES string of the molecule is COc1ccc(I)c(C(=O)CBr)c1Cl. The van der Waals surface area contributed by atoms with Crippen molar-refractivity contribution >= 4 is 55.9 Å². The Morgan fingerprint density at radius 3 is 2.79 bits per heavy atom. The van der Waals surface area contributed by atoms with Crippen LogP contribution in [0.1, 0.15) is 10.4 Å². The number of hydrogen-bond acceptors (Lipinski definition) is 2. The molecule has 0 aromatic heterocycles. The molecule has 0 bridgehead atoms. The fourth-order valence-corrected chi connectivity index (χ4v) is 2.55. The zero-order chi connectivity index (χ0) is 10.7. The summed E-state index contributed by atoms with van der Waals surface area (Å²) in [6, 6.07) is 3.55. The van der Waals surface area contributed by atoms with Gasteiger partial charge >= 0.3 is 0 Å². The zero-order valence-electron chi connectivity index (χ0n) is 7.31. The molecule has 0 heterocycles. The van der Waals surface area contributed by atoms with Gasteiger partial charge in [-0.25, -0.2) is 0 Å². The molecule has 1 aromatic carbocycles. The number of ether oxygens (including phenoxy) is 1. The van der Waals surface area contributed by atoms with E-state index in [2.05, 4.69) is 38.5 Å². The van der Waals surface area contributed by atoms with Crippen LogP contribution in [0.2, 0.25) is 5.02 Å². The zero-order valence-corrected chi connectivity index (χ0v) is 11.8. The van der Waals surface area contributed by atoms with E-state index in [4.69, 9.17) is 16.3 Å². The van der Waals surface area contributed by atoms with Gasteiger partial charge in [-0.3, -0.25) is 4.79 Å². The van der Waals surface area contributed by atoms with Crippen molar-refractivity contribution in [1.29, 1.82) is 0 Å². The molecule has 0 aliphatic heterocycles. The Labute approximate surface area is 109 Å². The standard InChI is InChI=1S/C9H7BrClIO2/c1-14-7-3-2-5(12)8(9(7)11)6(13)4-10/h2-3H,4H2,1H3. The quantitative estimate of drug-likeness (QED) is 0.449. The molecule has 76 valence electrons. The van der Waals surface area contributed by atoms with Gasteiger partial charge in [0.1, 0.15) is 5.75 Å². The summed E-state index contributed by atoms with van der Waals surface area (Å²) in [6.07, 6.45) is 0. The lowest BCUT2D eigenvalue weighted by Crippen LogP contribution is -2.04. The molecule has 0 atom stereocenters. The lowest BCUT2D eigenvalue weighted by molar-refractivity contribution is 0.102. The minimum absolute atomic E-state index is 0.0432. The second-order valence-electron chi connectivity index (χ2n) is 2.50. The molecule has 0 unspecified atom stereocenters. The maximum absolute atomic E-state index is 11.5. The summed E-state index contributed by atoms with van der Waals surface area (Å²) in [4.78, 5) is 11.5. The van der Waals surface area contributed by atoms with Crippen LogP contribution in [0.25, 0.3) is 0 Å². The first-order valence-electron chi connectivity index (χ1n) is 3.73. The number of rotatable bonds is 3. The van der Waals surface area contributed by atoms with E-state index in [1.54, 1.807) is 12.1 Å². The van der Waals surface area contributed by atoms with Crippen molar-refractivity contribution in [3.63, 3.8) is 0 Å². The van der Waals surface area contributed by atoms with E-state index in [0.29, 0.717) is 16.3 Å². The third-order valence-corrected chi connectivity index (χ3v) is 3.46. The molecule has 0 N–H and O–H groups in total. The molecule has 0 radical (unpaired) electrons. The average molecular weight is 389 g/mol. The Morgan fingerprint density at radius 2 is 2.29 bits per heavy atom. The minimum Gasteiger partial charge on any atom is -0.495 e. The summed E-state index contributed by atoms with van der Waals surface area (Å²) in [5.74, 6) is 0.481. The number of alkyl halides is 1. The Hall–Kier alpha value is 0.190. The number of carbonyl (C=O) groups is 1.